The summed E-state index contributed by atoms with van der Waals surface area (Å²) in [5, 5.41) is 11.0. The van der Waals surface area contributed by atoms with E-state index in [9.17, 15) is 0 Å². The first-order valence-corrected chi connectivity index (χ1v) is 4.98. The molecule has 0 fully saturated rings. The van der Waals surface area contributed by atoms with Crippen LogP contribution in [0.2, 0.25) is 0 Å². The molecule has 1 aromatic heterocycles. The van der Waals surface area contributed by atoms with Gasteiger partial charge in [-0.15, -0.1) is 5.10 Å². The monoisotopic (exact) mass is 197 g/mol. The average Bonchev–Trinajstić information content (AvgIpc) is 2.63. The van der Waals surface area contributed by atoms with Gasteiger partial charge >= 0.3 is 0 Å². The summed E-state index contributed by atoms with van der Waals surface area (Å²) < 4.78 is 1.85. The van der Waals surface area contributed by atoms with E-state index in [-0.39, 0.29) is 0 Å². The summed E-state index contributed by atoms with van der Waals surface area (Å²) in [5.74, 6) is 0. The molecule has 0 aromatic carbocycles. The maximum atomic E-state index is 3.89. The van der Waals surface area contributed by atoms with Crippen molar-refractivity contribution >= 4 is 0 Å². The molecule has 14 heavy (non-hydrogen) atoms. The Bertz CT molecular complexity index is 219. The van der Waals surface area contributed by atoms with Crippen LogP contribution in [0.3, 0.4) is 0 Å². The van der Waals surface area contributed by atoms with E-state index in [4.69, 9.17) is 0 Å². The van der Waals surface area contributed by atoms with Crippen LogP contribution in [0.4, 0.5) is 0 Å². The highest BCUT2D eigenvalue weighted by Gasteiger charge is 1.92. The van der Waals surface area contributed by atoms with Crippen molar-refractivity contribution in [2.45, 2.75) is 13.0 Å². The lowest BCUT2D eigenvalue weighted by atomic mass is 10.4. The molecular formula is C9H19N5. The third-order valence-electron chi connectivity index (χ3n) is 1.95. The smallest absolute Gasteiger partial charge is 0.0692 e. The molecular weight excluding hydrogens is 178 g/mol. The van der Waals surface area contributed by atoms with Crippen molar-refractivity contribution in [1.82, 2.24) is 25.2 Å². The van der Waals surface area contributed by atoms with E-state index in [1.54, 1.807) is 6.20 Å². The van der Waals surface area contributed by atoms with Crippen molar-refractivity contribution in [2.24, 2.45) is 0 Å². The standard InChI is InChI=1S/C9H19N5/c1-13(2)8-5-10-4-3-7-14-9-6-11-12-14/h6,9-10H,3-5,7-8H2,1-2H3. The minimum atomic E-state index is 0.939. The van der Waals surface area contributed by atoms with Gasteiger partial charge in [0, 0.05) is 25.8 Å². The first kappa shape index (κ1) is 11.1. The molecule has 0 saturated heterocycles. The van der Waals surface area contributed by atoms with Gasteiger partial charge in [0.2, 0.25) is 0 Å². The van der Waals surface area contributed by atoms with Gasteiger partial charge in [0.05, 0.1) is 6.20 Å². The van der Waals surface area contributed by atoms with Crippen molar-refractivity contribution in [3.8, 4) is 0 Å². The van der Waals surface area contributed by atoms with E-state index in [0.29, 0.717) is 0 Å². The number of aromatic nitrogens is 3. The minimum absolute atomic E-state index is 0.939. The van der Waals surface area contributed by atoms with Gasteiger partial charge in [-0.3, -0.25) is 4.68 Å². The molecule has 80 valence electrons. The second kappa shape index (κ2) is 6.50. The summed E-state index contributed by atoms with van der Waals surface area (Å²) in [7, 11) is 4.16. The Labute approximate surface area is 85.1 Å². The van der Waals surface area contributed by atoms with Crippen LogP contribution < -0.4 is 5.32 Å². The van der Waals surface area contributed by atoms with Crippen LogP contribution in [-0.4, -0.2) is 53.6 Å². The van der Waals surface area contributed by atoms with E-state index in [2.05, 4.69) is 34.6 Å². The number of likely N-dealkylation sites (N-methyl/N-ethyl adjacent to an activating group) is 1. The third kappa shape index (κ3) is 4.94. The predicted molar refractivity (Wildman–Crippen MR) is 56.1 cm³/mol. The number of nitrogens with one attached hydrogen (secondary N) is 1. The van der Waals surface area contributed by atoms with Gasteiger partial charge in [-0.25, -0.2) is 0 Å². The lowest BCUT2D eigenvalue weighted by Crippen LogP contribution is -2.27. The predicted octanol–water partition coefficient (Wildman–Crippen LogP) is -0.181. The number of nitrogens with zero attached hydrogens (tertiary/aromatic N) is 4. The third-order valence-corrected chi connectivity index (χ3v) is 1.95. The highest BCUT2D eigenvalue weighted by Crippen LogP contribution is 1.85. The molecule has 0 unspecified atom stereocenters. The maximum Gasteiger partial charge on any atom is 0.0692 e. The Morgan fingerprint density at radius 1 is 1.36 bits per heavy atom. The van der Waals surface area contributed by atoms with Crippen LogP contribution in [0.1, 0.15) is 6.42 Å². The van der Waals surface area contributed by atoms with Crippen molar-refractivity contribution in [3.05, 3.63) is 12.4 Å². The number of aryl methyl sites for hydroxylation is 1. The van der Waals surface area contributed by atoms with E-state index >= 15 is 0 Å². The van der Waals surface area contributed by atoms with Gasteiger partial charge in [0.1, 0.15) is 0 Å². The fourth-order valence-electron chi connectivity index (χ4n) is 1.15. The Balaban J connectivity index is 1.90. The molecule has 1 N–H and O–H groups in total. The summed E-state index contributed by atoms with van der Waals surface area (Å²) >= 11 is 0. The highest BCUT2D eigenvalue weighted by atomic mass is 15.4. The van der Waals surface area contributed by atoms with Crippen LogP contribution in [0.5, 0.6) is 0 Å². The molecule has 0 aliphatic carbocycles. The molecule has 0 bridgehead atoms. The van der Waals surface area contributed by atoms with E-state index < -0.39 is 0 Å². The zero-order valence-electron chi connectivity index (χ0n) is 8.98. The van der Waals surface area contributed by atoms with Gasteiger partial charge in [0.15, 0.2) is 0 Å². The Kier molecular flexibility index (Phi) is 5.17. The number of hydrogen-bond donors (Lipinski definition) is 1. The normalized spacial score (nSPS) is 11.1. The van der Waals surface area contributed by atoms with Crippen molar-refractivity contribution in [2.75, 3.05) is 33.7 Å². The molecule has 5 nitrogen and oxygen atoms in total. The zero-order valence-corrected chi connectivity index (χ0v) is 8.98. The minimum Gasteiger partial charge on any atom is -0.315 e. The molecule has 0 radical (unpaired) electrons. The van der Waals surface area contributed by atoms with Gasteiger partial charge < -0.3 is 10.2 Å². The van der Waals surface area contributed by atoms with E-state index in [1.807, 2.05) is 10.9 Å². The molecule has 0 aliphatic rings. The summed E-state index contributed by atoms with van der Waals surface area (Å²) in [5.41, 5.74) is 0. The summed E-state index contributed by atoms with van der Waals surface area (Å²) in [4.78, 5) is 2.17. The zero-order chi connectivity index (χ0) is 10.2. The molecule has 0 aliphatic heterocycles. The SMILES string of the molecule is CN(C)CCNCCCn1ccnn1. The van der Waals surface area contributed by atoms with Crippen LogP contribution >= 0.6 is 0 Å². The second-order valence-electron chi connectivity index (χ2n) is 3.57. The molecule has 1 aromatic rings. The van der Waals surface area contributed by atoms with Crippen molar-refractivity contribution in [1.29, 1.82) is 0 Å². The van der Waals surface area contributed by atoms with Gasteiger partial charge in [-0.05, 0) is 27.1 Å². The van der Waals surface area contributed by atoms with Crippen LogP contribution in [0.25, 0.3) is 0 Å². The number of rotatable bonds is 7. The van der Waals surface area contributed by atoms with Gasteiger partial charge in [-0.1, -0.05) is 5.21 Å². The lowest BCUT2D eigenvalue weighted by Gasteiger charge is -2.09. The first-order chi connectivity index (χ1) is 6.79. The van der Waals surface area contributed by atoms with Crippen LogP contribution in [0, 0.1) is 0 Å². The Hall–Kier alpha value is -0.940. The molecule has 5 heteroatoms. The van der Waals surface area contributed by atoms with Crippen LogP contribution in [0.15, 0.2) is 12.4 Å². The topological polar surface area (TPSA) is 46.0 Å². The van der Waals surface area contributed by atoms with Crippen molar-refractivity contribution < 1.29 is 0 Å². The molecule has 0 atom stereocenters. The molecule has 0 saturated carbocycles. The van der Waals surface area contributed by atoms with Gasteiger partial charge in [-0.2, -0.15) is 0 Å². The first-order valence-electron chi connectivity index (χ1n) is 4.98. The molecule has 1 rings (SSSR count). The quantitative estimate of drug-likeness (QED) is 0.616. The highest BCUT2D eigenvalue weighted by molar-refractivity contribution is 4.63. The Morgan fingerprint density at radius 3 is 2.86 bits per heavy atom. The Morgan fingerprint density at radius 2 is 2.21 bits per heavy atom. The maximum absolute atomic E-state index is 3.89. The molecule has 1 heterocycles. The molecule has 0 amide bonds. The van der Waals surface area contributed by atoms with Crippen LogP contribution in [-0.2, 0) is 6.54 Å². The lowest BCUT2D eigenvalue weighted by molar-refractivity contribution is 0.397. The summed E-state index contributed by atoms with van der Waals surface area (Å²) in [6.45, 7) is 4.11. The average molecular weight is 197 g/mol. The van der Waals surface area contributed by atoms with Crippen molar-refractivity contribution in [3.63, 3.8) is 0 Å². The summed E-state index contributed by atoms with van der Waals surface area (Å²) in [6.07, 6.45) is 4.69. The van der Waals surface area contributed by atoms with E-state index in [0.717, 1.165) is 32.6 Å². The summed E-state index contributed by atoms with van der Waals surface area (Å²) in [6, 6.07) is 0. The largest absolute Gasteiger partial charge is 0.315 e. The van der Waals surface area contributed by atoms with E-state index in [1.165, 1.54) is 0 Å². The second-order valence-corrected chi connectivity index (χ2v) is 3.57. The molecule has 0 spiro atoms. The van der Waals surface area contributed by atoms with Gasteiger partial charge in [0.25, 0.3) is 0 Å². The number of hydrogen-bond acceptors (Lipinski definition) is 4. The fourth-order valence-corrected chi connectivity index (χ4v) is 1.15. The fraction of sp³-hybridized carbons (Fsp3) is 0.778.